The van der Waals surface area contributed by atoms with E-state index in [-0.39, 0.29) is 6.42 Å². The van der Waals surface area contributed by atoms with Crippen LogP contribution in [0.2, 0.25) is 0 Å². The smallest absolute Gasteiger partial charge is 0.326 e. The highest BCUT2D eigenvalue weighted by Gasteiger charge is 2.21. The molecule has 7 heteroatoms. The van der Waals surface area contributed by atoms with Crippen LogP contribution >= 0.6 is 0 Å². The predicted octanol–water partition coefficient (Wildman–Crippen LogP) is 3.88. The van der Waals surface area contributed by atoms with Crippen molar-refractivity contribution in [1.82, 2.24) is 10.3 Å². The van der Waals surface area contributed by atoms with E-state index in [4.69, 9.17) is 9.72 Å². The third-order valence-electron chi connectivity index (χ3n) is 5.80. The third-order valence-corrected chi connectivity index (χ3v) is 5.80. The number of carboxylic acids is 1. The Morgan fingerprint density at radius 3 is 2.62 bits per heavy atom. The van der Waals surface area contributed by atoms with Gasteiger partial charge in [-0.25, -0.2) is 9.78 Å². The van der Waals surface area contributed by atoms with Crippen molar-refractivity contribution >= 4 is 17.7 Å². The van der Waals surface area contributed by atoms with Gasteiger partial charge in [0.05, 0.1) is 6.61 Å². The van der Waals surface area contributed by atoms with Gasteiger partial charge in [-0.3, -0.25) is 4.79 Å². The van der Waals surface area contributed by atoms with E-state index >= 15 is 0 Å². The van der Waals surface area contributed by atoms with Crippen LogP contribution in [0, 0.1) is 0 Å². The number of carbonyl (C=O) groups is 2. The fourth-order valence-corrected chi connectivity index (χ4v) is 3.94. The third kappa shape index (κ3) is 6.34. The Labute approximate surface area is 199 Å². The number of carboxylic acid groups (broad SMARTS) is 1. The van der Waals surface area contributed by atoms with Crippen molar-refractivity contribution in [1.29, 1.82) is 0 Å². The van der Waals surface area contributed by atoms with Gasteiger partial charge in [0, 0.05) is 24.2 Å². The van der Waals surface area contributed by atoms with Crippen molar-refractivity contribution in [2.45, 2.75) is 38.1 Å². The predicted molar refractivity (Wildman–Crippen MR) is 130 cm³/mol. The summed E-state index contributed by atoms with van der Waals surface area (Å²) in [5, 5.41) is 15.5. The minimum absolute atomic E-state index is 0.187. The molecule has 3 aromatic rings. The van der Waals surface area contributed by atoms with Crippen LogP contribution in [-0.2, 0) is 24.1 Å². The van der Waals surface area contributed by atoms with E-state index in [0.29, 0.717) is 12.2 Å². The molecule has 0 saturated carbocycles. The van der Waals surface area contributed by atoms with E-state index in [1.807, 2.05) is 24.3 Å². The number of hydrogen-bond donors (Lipinski definition) is 3. The number of nitrogens with zero attached hydrogens (tertiary/aromatic N) is 1. The van der Waals surface area contributed by atoms with E-state index in [9.17, 15) is 14.7 Å². The first kappa shape index (κ1) is 23.3. The summed E-state index contributed by atoms with van der Waals surface area (Å²) in [5.74, 6) is 0.261. The largest absolute Gasteiger partial charge is 0.494 e. The highest BCUT2D eigenvalue weighted by atomic mass is 16.5. The van der Waals surface area contributed by atoms with Crippen LogP contribution in [-0.4, -0.2) is 41.2 Å². The van der Waals surface area contributed by atoms with Gasteiger partial charge in [0.15, 0.2) is 0 Å². The first-order valence-electron chi connectivity index (χ1n) is 11.6. The molecular formula is C27H29N3O4. The summed E-state index contributed by atoms with van der Waals surface area (Å²) >= 11 is 0. The number of nitrogens with one attached hydrogen (secondary N) is 2. The Morgan fingerprint density at radius 1 is 1.06 bits per heavy atom. The van der Waals surface area contributed by atoms with Gasteiger partial charge in [-0.1, -0.05) is 36.4 Å². The van der Waals surface area contributed by atoms with Crippen molar-refractivity contribution in [2.24, 2.45) is 0 Å². The number of aliphatic carboxylic acids is 1. The minimum atomic E-state index is -1.07. The van der Waals surface area contributed by atoms with E-state index in [2.05, 4.69) is 22.8 Å². The Hall–Kier alpha value is -3.87. The quantitative estimate of drug-likeness (QED) is 0.398. The van der Waals surface area contributed by atoms with Gasteiger partial charge in [0.2, 0.25) is 0 Å². The standard InChI is InChI=1S/C27H29N3O4/c31-26(21-6-2-1-3-7-21)30-24(27(32)33)18-19-10-14-23(15-11-19)34-17-5-9-22-13-12-20-8-4-16-28-25(20)29-22/h1-3,6-7,10-15,24H,4-5,8-9,16-18H2,(H,28,29)(H,30,31)(H,32,33)/t24-/m0/s1. The minimum Gasteiger partial charge on any atom is -0.494 e. The topological polar surface area (TPSA) is 101 Å². The molecule has 1 amide bonds. The number of ether oxygens (including phenoxy) is 1. The van der Waals surface area contributed by atoms with Crippen LogP contribution in [0.25, 0.3) is 0 Å². The molecule has 3 N–H and O–H groups in total. The van der Waals surface area contributed by atoms with Crippen molar-refractivity contribution in [3.8, 4) is 5.75 Å². The first-order chi connectivity index (χ1) is 16.6. The summed E-state index contributed by atoms with van der Waals surface area (Å²) in [7, 11) is 0. The molecule has 2 heterocycles. The maximum atomic E-state index is 12.3. The molecule has 176 valence electrons. The van der Waals surface area contributed by atoms with Crippen LogP contribution in [0.5, 0.6) is 5.75 Å². The second kappa shape index (κ2) is 11.3. The van der Waals surface area contributed by atoms with E-state index in [1.54, 1.807) is 30.3 Å². The SMILES string of the molecule is O=C(N[C@@H](Cc1ccc(OCCCc2ccc3c(n2)NCCC3)cc1)C(=O)O)c1ccccc1. The van der Waals surface area contributed by atoms with E-state index < -0.39 is 17.9 Å². The zero-order chi connectivity index (χ0) is 23.8. The molecule has 1 aromatic heterocycles. The average Bonchev–Trinajstić information content (AvgIpc) is 2.87. The molecule has 0 bridgehead atoms. The molecule has 1 atom stereocenters. The van der Waals surface area contributed by atoms with E-state index in [0.717, 1.165) is 55.1 Å². The van der Waals surface area contributed by atoms with Gasteiger partial charge in [0.25, 0.3) is 5.91 Å². The lowest BCUT2D eigenvalue weighted by atomic mass is 10.1. The van der Waals surface area contributed by atoms with Crippen LogP contribution < -0.4 is 15.4 Å². The van der Waals surface area contributed by atoms with Gasteiger partial charge >= 0.3 is 5.97 Å². The summed E-state index contributed by atoms with van der Waals surface area (Å²) in [5.41, 5.74) is 3.58. The Morgan fingerprint density at radius 2 is 1.85 bits per heavy atom. The van der Waals surface area contributed by atoms with Gasteiger partial charge in [-0.15, -0.1) is 0 Å². The molecular weight excluding hydrogens is 430 g/mol. The first-order valence-corrected chi connectivity index (χ1v) is 11.6. The summed E-state index contributed by atoms with van der Waals surface area (Å²) in [4.78, 5) is 28.7. The summed E-state index contributed by atoms with van der Waals surface area (Å²) in [6, 6.07) is 19.1. The number of anilines is 1. The molecule has 1 aliphatic rings. The number of rotatable bonds is 10. The maximum Gasteiger partial charge on any atom is 0.326 e. The molecule has 4 rings (SSSR count). The number of carbonyl (C=O) groups excluding carboxylic acids is 1. The second-order valence-electron chi connectivity index (χ2n) is 8.37. The van der Waals surface area contributed by atoms with Crippen LogP contribution in [0.15, 0.2) is 66.7 Å². The number of fused-ring (bicyclic) bond motifs is 1. The molecule has 0 saturated heterocycles. The zero-order valence-electron chi connectivity index (χ0n) is 19.0. The number of amides is 1. The summed E-state index contributed by atoms with van der Waals surface area (Å²) < 4.78 is 5.84. The van der Waals surface area contributed by atoms with Crippen molar-refractivity contribution in [2.75, 3.05) is 18.5 Å². The number of aromatic nitrogens is 1. The number of benzene rings is 2. The lowest BCUT2D eigenvalue weighted by Crippen LogP contribution is -2.42. The highest BCUT2D eigenvalue weighted by Crippen LogP contribution is 2.20. The lowest BCUT2D eigenvalue weighted by molar-refractivity contribution is -0.139. The molecule has 0 fully saturated rings. The summed E-state index contributed by atoms with van der Waals surface area (Å²) in [6.07, 6.45) is 4.11. The van der Waals surface area contributed by atoms with E-state index in [1.165, 1.54) is 5.56 Å². The maximum absolute atomic E-state index is 12.3. The number of pyridine rings is 1. The lowest BCUT2D eigenvalue weighted by Gasteiger charge is -2.17. The van der Waals surface area contributed by atoms with Gasteiger partial charge in [-0.05, 0) is 67.1 Å². The molecule has 7 nitrogen and oxygen atoms in total. The number of hydrogen-bond acceptors (Lipinski definition) is 5. The van der Waals surface area contributed by atoms with Gasteiger partial charge in [-0.2, -0.15) is 0 Å². The molecule has 0 unspecified atom stereocenters. The molecule has 0 spiro atoms. The van der Waals surface area contributed by atoms with Crippen LogP contribution in [0.3, 0.4) is 0 Å². The monoisotopic (exact) mass is 459 g/mol. The van der Waals surface area contributed by atoms with Crippen LogP contribution in [0.4, 0.5) is 5.82 Å². The van der Waals surface area contributed by atoms with Crippen molar-refractivity contribution < 1.29 is 19.4 Å². The molecule has 2 aromatic carbocycles. The molecule has 1 aliphatic heterocycles. The summed E-state index contributed by atoms with van der Waals surface area (Å²) in [6.45, 7) is 1.55. The Balaban J connectivity index is 1.24. The molecule has 0 aliphatic carbocycles. The second-order valence-corrected chi connectivity index (χ2v) is 8.37. The van der Waals surface area contributed by atoms with Crippen molar-refractivity contribution in [3.05, 3.63) is 89.1 Å². The van der Waals surface area contributed by atoms with Crippen LogP contribution in [0.1, 0.15) is 40.0 Å². The van der Waals surface area contributed by atoms with Crippen molar-refractivity contribution in [3.63, 3.8) is 0 Å². The highest BCUT2D eigenvalue weighted by molar-refractivity contribution is 5.96. The fourth-order valence-electron chi connectivity index (χ4n) is 3.94. The number of aryl methyl sites for hydroxylation is 2. The fraction of sp³-hybridized carbons (Fsp3) is 0.296. The Bertz CT molecular complexity index is 1120. The Kier molecular flexibility index (Phi) is 7.75. The van der Waals surface area contributed by atoms with Gasteiger partial charge < -0.3 is 20.5 Å². The normalized spacial score (nSPS) is 13.3. The average molecular weight is 460 g/mol. The zero-order valence-corrected chi connectivity index (χ0v) is 19.0. The van der Waals surface area contributed by atoms with Gasteiger partial charge in [0.1, 0.15) is 17.6 Å². The molecule has 34 heavy (non-hydrogen) atoms. The molecule has 0 radical (unpaired) electrons.